The summed E-state index contributed by atoms with van der Waals surface area (Å²) in [6.45, 7) is -0.354. The van der Waals surface area contributed by atoms with Crippen LogP contribution in [0.1, 0.15) is 16.7 Å². The number of fused-ring (bicyclic) bond motifs is 2. The second-order valence-corrected chi connectivity index (χ2v) is 10.8. The van der Waals surface area contributed by atoms with Crippen LogP contribution < -0.4 is 21.7 Å². The Labute approximate surface area is 258 Å². The number of carboxylic acid groups (broad SMARTS) is 1. The van der Waals surface area contributed by atoms with Gasteiger partial charge in [-0.25, -0.2) is 4.79 Å². The average molecular weight is 611 g/mol. The summed E-state index contributed by atoms with van der Waals surface area (Å²) < 4.78 is 0. The minimum absolute atomic E-state index is 0.00880. The molecule has 9 N–H and O–H groups in total. The number of phenolic OH excluding ortho intramolecular Hbond substituents is 1. The Kier molecular flexibility index (Phi) is 9.44. The lowest BCUT2D eigenvalue weighted by Gasteiger charge is -2.25. The minimum Gasteiger partial charge on any atom is -0.508 e. The highest BCUT2D eigenvalue weighted by Crippen LogP contribution is 2.21. The molecule has 3 aromatic carbocycles. The zero-order valence-electron chi connectivity index (χ0n) is 24.2. The van der Waals surface area contributed by atoms with Gasteiger partial charge in [-0.1, -0.05) is 48.5 Å². The van der Waals surface area contributed by atoms with E-state index in [-0.39, 0.29) is 31.6 Å². The van der Waals surface area contributed by atoms with Gasteiger partial charge in [0.2, 0.25) is 17.7 Å². The van der Waals surface area contributed by atoms with Crippen molar-refractivity contribution in [1.29, 1.82) is 0 Å². The molecule has 5 rings (SSSR count). The first-order chi connectivity index (χ1) is 21.7. The molecule has 0 fully saturated rings. The number of para-hydroxylation sites is 2. The first-order valence-corrected chi connectivity index (χ1v) is 14.4. The van der Waals surface area contributed by atoms with Crippen LogP contribution in [0.3, 0.4) is 0 Å². The van der Waals surface area contributed by atoms with E-state index in [0.717, 1.165) is 27.4 Å². The van der Waals surface area contributed by atoms with Crippen LogP contribution in [0.4, 0.5) is 0 Å². The fourth-order valence-electron chi connectivity index (χ4n) is 5.33. The van der Waals surface area contributed by atoms with E-state index >= 15 is 0 Å². The van der Waals surface area contributed by atoms with Gasteiger partial charge in [0.05, 0.1) is 6.54 Å². The van der Waals surface area contributed by atoms with Crippen molar-refractivity contribution in [3.63, 3.8) is 0 Å². The summed E-state index contributed by atoms with van der Waals surface area (Å²) in [5, 5.41) is 29.4. The van der Waals surface area contributed by atoms with Gasteiger partial charge in [-0.05, 0) is 41.0 Å². The topological polar surface area (TPSA) is 202 Å². The van der Waals surface area contributed by atoms with E-state index in [1.54, 1.807) is 24.5 Å². The number of nitrogens with two attached hydrogens (primary N) is 1. The van der Waals surface area contributed by atoms with Gasteiger partial charge in [0, 0.05) is 53.5 Å². The summed E-state index contributed by atoms with van der Waals surface area (Å²) in [4.78, 5) is 58.3. The van der Waals surface area contributed by atoms with Gasteiger partial charge in [0.15, 0.2) is 0 Å². The molecule has 0 saturated carbocycles. The number of nitrogens with one attached hydrogen (secondary N) is 5. The van der Waals surface area contributed by atoms with Crippen LogP contribution in [0.2, 0.25) is 0 Å². The number of benzene rings is 3. The maximum absolute atomic E-state index is 13.8. The lowest BCUT2D eigenvalue weighted by atomic mass is 10.0. The molecule has 3 amide bonds. The highest BCUT2D eigenvalue weighted by atomic mass is 16.4. The number of hydrogen-bond acceptors (Lipinski definition) is 6. The highest BCUT2D eigenvalue weighted by molar-refractivity contribution is 5.95. The SMILES string of the molecule is NCC(=O)NC(Cc1ccc(O)cc1)C(=O)NC(Cc1c[nH]c2ccccc12)C(=O)NC(Cc1c[nH]c2ccccc12)C(=O)O. The van der Waals surface area contributed by atoms with Crippen molar-refractivity contribution in [3.8, 4) is 5.75 Å². The molecule has 0 aliphatic heterocycles. The molecule has 232 valence electrons. The number of hydrogen-bond donors (Lipinski definition) is 8. The van der Waals surface area contributed by atoms with Gasteiger partial charge < -0.3 is 41.9 Å². The molecular formula is C33H34N6O6. The largest absolute Gasteiger partial charge is 0.508 e. The molecule has 12 nitrogen and oxygen atoms in total. The third-order valence-corrected chi connectivity index (χ3v) is 7.66. The molecular weight excluding hydrogens is 576 g/mol. The van der Waals surface area contributed by atoms with E-state index in [1.165, 1.54) is 12.1 Å². The molecule has 2 aromatic heterocycles. The maximum atomic E-state index is 13.8. The van der Waals surface area contributed by atoms with E-state index in [1.807, 2.05) is 48.5 Å². The number of amides is 3. The zero-order valence-corrected chi connectivity index (χ0v) is 24.2. The van der Waals surface area contributed by atoms with Crippen LogP contribution in [-0.4, -0.2) is 68.5 Å². The molecule has 0 aliphatic carbocycles. The van der Waals surface area contributed by atoms with Crippen molar-refractivity contribution in [2.75, 3.05) is 6.54 Å². The smallest absolute Gasteiger partial charge is 0.326 e. The van der Waals surface area contributed by atoms with E-state index in [2.05, 4.69) is 25.9 Å². The van der Waals surface area contributed by atoms with Gasteiger partial charge in [0.25, 0.3) is 0 Å². The van der Waals surface area contributed by atoms with Crippen molar-refractivity contribution in [3.05, 3.63) is 102 Å². The number of aromatic nitrogens is 2. The fraction of sp³-hybridized carbons (Fsp3) is 0.212. The van der Waals surface area contributed by atoms with Crippen molar-refractivity contribution in [1.82, 2.24) is 25.9 Å². The van der Waals surface area contributed by atoms with Crippen molar-refractivity contribution >= 4 is 45.5 Å². The quantitative estimate of drug-likeness (QED) is 0.0994. The van der Waals surface area contributed by atoms with E-state index < -0.39 is 41.8 Å². The predicted octanol–water partition coefficient (Wildman–Crippen LogP) is 1.88. The zero-order chi connectivity index (χ0) is 31.9. The number of aromatic hydroxyl groups is 1. The number of aliphatic carboxylic acids is 1. The third kappa shape index (κ3) is 7.48. The van der Waals surface area contributed by atoms with Crippen LogP contribution in [0.5, 0.6) is 5.75 Å². The van der Waals surface area contributed by atoms with Crippen LogP contribution in [-0.2, 0) is 38.4 Å². The number of carbonyl (C=O) groups excluding carboxylic acids is 3. The van der Waals surface area contributed by atoms with Crippen LogP contribution in [0.15, 0.2) is 85.2 Å². The molecule has 2 heterocycles. The van der Waals surface area contributed by atoms with Crippen molar-refractivity contribution < 1.29 is 29.4 Å². The number of H-pyrrole nitrogens is 2. The Morgan fingerprint density at radius 1 is 0.667 bits per heavy atom. The molecule has 0 saturated heterocycles. The van der Waals surface area contributed by atoms with E-state index in [4.69, 9.17) is 5.73 Å². The second kappa shape index (κ2) is 13.8. The Morgan fingerprint density at radius 2 is 1.16 bits per heavy atom. The third-order valence-electron chi connectivity index (χ3n) is 7.66. The molecule has 45 heavy (non-hydrogen) atoms. The first kappa shape index (κ1) is 30.8. The van der Waals surface area contributed by atoms with Crippen molar-refractivity contribution in [2.24, 2.45) is 5.73 Å². The number of carboxylic acids is 1. The number of rotatable bonds is 13. The lowest BCUT2D eigenvalue weighted by Crippen LogP contribution is -2.57. The van der Waals surface area contributed by atoms with Gasteiger partial charge >= 0.3 is 5.97 Å². The van der Waals surface area contributed by atoms with Crippen LogP contribution in [0, 0.1) is 0 Å². The molecule has 3 unspecified atom stereocenters. The average Bonchev–Trinajstić information content (AvgIpc) is 3.64. The van der Waals surface area contributed by atoms with Gasteiger partial charge in [0.1, 0.15) is 23.9 Å². The molecule has 3 atom stereocenters. The van der Waals surface area contributed by atoms with Gasteiger partial charge in [-0.15, -0.1) is 0 Å². The predicted molar refractivity (Wildman–Crippen MR) is 168 cm³/mol. The molecule has 0 bridgehead atoms. The summed E-state index contributed by atoms with van der Waals surface area (Å²) >= 11 is 0. The van der Waals surface area contributed by atoms with Crippen LogP contribution in [0.25, 0.3) is 21.8 Å². The Hall–Kier alpha value is -5.62. The molecule has 5 aromatic rings. The Morgan fingerprint density at radius 3 is 1.69 bits per heavy atom. The second-order valence-electron chi connectivity index (χ2n) is 10.8. The number of phenols is 1. The summed E-state index contributed by atoms with van der Waals surface area (Å²) in [5.74, 6) is -3.12. The normalized spacial score (nSPS) is 13.2. The van der Waals surface area contributed by atoms with Crippen molar-refractivity contribution in [2.45, 2.75) is 37.4 Å². The molecule has 12 heteroatoms. The van der Waals surface area contributed by atoms with Gasteiger partial charge in [-0.3, -0.25) is 14.4 Å². The Balaban J connectivity index is 1.41. The monoisotopic (exact) mass is 610 g/mol. The van der Waals surface area contributed by atoms with E-state index in [0.29, 0.717) is 11.1 Å². The standard InChI is InChI=1S/C33H34N6O6/c34-16-30(41)37-27(13-19-9-11-22(40)12-10-19)31(42)38-28(14-20-17-35-25-7-3-1-5-23(20)25)32(43)39-29(33(44)45)15-21-18-36-26-8-4-2-6-24(21)26/h1-12,17-18,27-29,35-36,40H,13-16,34H2,(H,37,41)(H,38,42)(H,39,43)(H,44,45). The molecule has 0 spiro atoms. The molecule has 0 radical (unpaired) electrons. The van der Waals surface area contributed by atoms with E-state index in [9.17, 15) is 29.4 Å². The summed E-state index contributed by atoms with van der Waals surface area (Å²) in [7, 11) is 0. The fourth-order valence-corrected chi connectivity index (χ4v) is 5.33. The summed E-state index contributed by atoms with van der Waals surface area (Å²) in [5.41, 5.74) is 9.27. The lowest BCUT2D eigenvalue weighted by molar-refractivity contribution is -0.142. The number of carbonyl (C=O) groups is 4. The summed E-state index contributed by atoms with van der Waals surface area (Å²) in [6.07, 6.45) is 3.55. The van der Waals surface area contributed by atoms with Crippen LogP contribution >= 0.6 is 0 Å². The highest BCUT2D eigenvalue weighted by Gasteiger charge is 2.31. The molecule has 0 aliphatic rings. The minimum atomic E-state index is -1.29. The number of aromatic amines is 2. The maximum Gasteiger partial charge on any atom is 0.326 e. The summed E-state index contributed by atoms with van der Waals surface area (Å²) in [6, 6.07) is 17.5. The van der Waals surface area contributed by atoms with Gasteiger partial charge in [-0.2, -0.15) is 0 Å². The Bertz CT molecular complexity index is 1830. The first-order valence-electron chi connectivity index (χ1n) is 14.4.